The summed E-state index contributed by atoms with van der Waals surface area (Å²) in [7, 11) is 0. The molecule has 1 saturated heterocycles. The number of fused-ring (bicyclic) bond motifs is 5. The van der Waals surface area contributed by atoms with Gasteiger partial charge >= 0.3 is 5.97 Å². The molecule has 0 aromatic rings. The molecule has 0 spiro atoms. The third-order valence-electron chi connectivity index (χ3n) is 4.20. The molecular weight excluding hydrogens is 152 g/mol. The molecule has 3 rings (SSSR count). The van der Waals surface area contributed by atoms with Crippen molar-refractivity contribution in [2.45, 2.75) is 19.8 Å². The summed E-state index contributed by atoms with van der Waals surface area (Å²) < 4.78 is 5.11. The molecule has 3 aliphatic rings. The summed E-state index contributed by atoms with van der Waals surface area (Å²) in [6.45, 7) is 3.00. The lowest BCUT2D eigenvalue weighted by Crippen LogP contribution is -2.27. The van der Waals surface area contributed by atoms with Crippen LogP contribution in [0.15, 0.2) is 0 Å². The molecule has 3 fully saturated rings. The van der Waals surface area contributed by atoms with Crippen molar-refractivity contribution in [3.8, 4) is 0 Å². The largest absolute Gasteiger partial charge is 0.465 e. The zero-order valence-electron chi connectivity index (χ0n) is 7.32. The first-order valence-electron chi connectivity index (χ1n) is 4.94. The SMILES string of the molecule is C[C@H]1CC2CC1C1C(=O)OCC21. The van der Waals surface area contributed by atoms with Crippen LogP contribution in [-0.4, -0.2) is 12.6 Å². The van der Waals surface area contributed by atoms with Crippen LogP contribution in [0.1, 0.15) is 19.8 Å². The van der Waals surface area contributed by atoms with Crippen LogP contribution in [-0.2, 0) is 9.53 Å². The Balaban J connectivity index is 1.95. The number of carbonyl (C=O) groups excluding carboxylic acids is 1. The molecular formula is C10H14O2. The standard InChI is InChI=1S/C10H14O2/c1-5-2-6-3-7(5)9-8(6)4-12-10(9)11/h5-9H,2-4H2,1H3/t5-,6?,7?,8?,9?/m0/s1. The van der Waals surface area contributed by atoms with E-state index in [1.807, 2.05) is 0 Å². The van der Waals surface area contributed by atoms with E-state index in [9.17, 15) is 4.79 Å². The third kappa shape index (κ3) is 0.644. The van der Waals surface area contributed by atoms with Crippen LogP contribution in [0.2, 0.25) is 0 Å². The van der Waals surface area contributed by atoms with Gasteiger partial charge in [0.25, 0.3) is 0 Å². The number of hydrogen-bond acceptors (Lipinski definition) is 2. The molecule has 12 heavy (non-hydrogen) atoms. The highest BCUT2D eigenvalue weighted by Gasteiger charge is 2.57. The van der Waals surface area contributed by atoms with Gasteiger partial charge in [0.05, 0.1) is 12.5 Å². The van der Waals surface area contributed by atoms with Crippen LogP contribution in [0.3, 0.4) is 0 Å². The van der Waals surface area contributed by atoms with Crippen LogP contribution in [0.4, 0.5) is 0 Å². The van der Waals surface area contributed by atoms with Gasteiger partial charge in [0, 0.05) is 5.92 Å². The van der Waals surface area contributed by atoms with Crippen molar-refractivity contribution in [3.05, 3.63) is 0 Å². The molecule has 1 aliphatic heterocycles. The highest BCUT2D eigenvalue weighted by molar-refractivity contribution is 5.76. The second-order valence-corrected chi connectivity index (χ2v) is 4.69. The number of cyclic esters (lactones) is 1. The van der Waals surface area contributed by atoms with Crippen molar-refractivity contribution in [2.75, 3.05) is 6.61 Å². The Morgan fingerprint density at radius 3 is 3.00 bits per heavy atom. The van der Waals surface area contributed by atoms with Gasteiger partial charge in [0.2, 0.25) is 0 Å². The second-order valence-electron chi connectivity index (χ2n) is 4.69. The van der Waals surface area contributed by atoms with Gasteiger partial charge in [0.15, 0.2) is 0 Å². The molecule has 0 N–H and O–H groups in total. The fourth-order valence-corrected chi connectivity index (χ4v) is 3.66. The Labute approximate surface area is 72.3 Å². The molecule has 4 unspecified atom stereocenters. The summed E-state index contributed by atoms with van der Waals surface area (Å²) in [5.74, 6) is 3.22. The molecule has 0 amide bonds. The normalized spacial score (nSPS) is 55.8. The van der Waals surface area contributed by atoms with Crippen molar-refractivity contribution in [2.24, 2.45) is 29.6 Å². The Morgan fingerprint density at radius 1 is 1.33 bits per heavy atom. The van der Waals surface area contributed by atoms with E-state index in [0.717, 1.165) is 18.4 Å². The van der Waals surface area contributed by atoms with E-state index >= 15 is 0 Å². The molecule has 5 atom stereocenters. The van der Waals surface area contributed by atoms with Crippen LogP contribution < -0.4 is 0 Å². The van der Waals surface area contributed by atoms with Crippen molar-refractivity contribution in [1.29, 1.82) is 0 Å². The second kappa shape index (κ2) is 2.04. The third-order valence-corrected chi connectivity index (χ3v) is 4.20. The smallest absolute Gasteiger partial charge is 0.309 e. The Kier molecular flexibility index (Phi) is 1.18. The maximum Gasteiger partial charge on any atom is 0.309 e. The van der Waals surface area contributed by atoms with Crippen molar-refractivity contribution in [3.63, 3.8) is 0 Å². The van der Waals surface area contributed by atoms with Crippen molar-refractivity contribution >= 4 is 5.97 Å². The number of rotatable bonds is 0. The number of ether oxygens (including phenoxy) is 1. The Bertz CT molecular complexity index is 236. The van der Waals surface area contributed by atoms with E-state index < -0.39 is 0 Å². The topological polar surface area (TPSA) is 26.3 Å². The van der Waals surface area contributed by atoms with Gasteiger partial charge in [-0.25, -0.2) is 0 Å². The summed E-state index contributed by atoms with van der Waals surface area (Å²) in [4.78, 5) is 11.4. The van der Waals surface area contributed by atoms with Gasteiger partial charge in [-0.15, -0.1) is 0 Å². The summed E-state index contributed by atoms with van der Waals surface area (Å²) in [5.41, 5.74) is 0. The summed E-state index contributed by atoms with van der Waals surface area (Å²) in [6, 6.07) is 0. The van der Waals surface area contributed by atoms with Crippen LogP contribution in [0.25, 0.3) is 0 Å². The van der Waals surface area contributed by atoms with Crippen molar-refractivity contribution in [1.82, 2.24) is 0 Å². The zero-order chi connectivity index (χ0) is 8.29. The van der Waals surface area contributed by atoms with Crippen LogP contribution in [0.5, 0.6) is 0 Å². The van der Waals surface area contributed by atoms with E-state index in [4.69, 9.17) is 4.74 Å². The first-order chi connectivity index (χ1) is 5.77. The molecule has 2 heteroatoms. The van der Waals surface area contributed by atoms with Gasteiger partial charge in [-0.1, -0.05) is 6.92 Å². The average Bonchev–Trinajstić information content (AvgIpc) is 2.62. The van der Waals surface area contributed by atoms with Gasteiger partial charge in [-0.2, -0.15) is 0 Å². The molecule has 0 aromatic carbocycles. The highest BCUT2D eigenvalue weighted by atomic mass is 16.5. The summed E-state index contributed by atoms with van der Waals surface area (Å²) >= 11 is 0. The zero-order valence-corrected chi connectivity index (χ0v) is 7.32. The Hall–Kier alpha value is -0.530. The van der Waals surface area contributed by atoms with E-state index in [2.05, 4.69) is 6.92 Å². The lowest BCUT2D eigenvalue weighted by Gasteiger charge is -2.25. The summed E-state index contributed by atoms with van der Waals surface area (Å²) in [6.07, 6.45) is 2.63. The van der Waals surface area contributed by atoms with Crippen LogP contribution in [0, 0.1) is 29.6 Å². The molecule has 0 radical (unpaired) electrons. The quantitative estimate of drug-likeness (QED) is 0.509. The Morgan fingerprint density at radius 2 is 2.17 bits per heavy atom. The molecule has 2 saturated carbocycles. The van der Waals surface area contributed by atoms with Gasteiger partial charge in [0.1, 0.15) is 0 Å². The number of esters is 1. The van der Waals surface area contributed by atoms with Gasteiger partial charge in [-0.05, 0) is 30.6 Å². The lowest BCUT2D eigenvalue weighted by atomic mass is 9.76. The molecule has 2 nitrogen and oxygen atoms in total. The van der Waals surface area contributed by atoms with Crippen molar-refractivity contribution < 1.29 is 9.53 Å². The monoisotopic (exact) mass is 166 g/mol. The minimum atomic E-state index is 0.0963. The molecule has 66 valence electrons. The fraction of sp³-hybridized carbons (Fsp3) is 0.900. The molecule has 1 heterocycles. The maximum absolute atomic E-state index is 11.4. The minimum Gasteiger partial charge on any atom is -0.465 e. The minimum absolute atomic E-state index is 0.0963. The van der Waals surface area contributed by atoms with E-state index in [-0.39, 0.29) is 5.97 Å². The fourth-order valence-electron chi connectivity index (χ4n) is 3.66. The van der Waals surface area contributed by atoms with Gasteiger partial charge < -0.3 is 4.74 Å². The van der Waals surface area contributed by atoms with Crippen LogP contribution >= 0.6 is 0 Å². The first-order valence-corrected chi connectivity index (χ1v) is 4.94. The van der Waals surface area contributed by atoms with Gasteiger partial charge in [-0.3, -0.25) is 4.79 Å². The van der Waals surface area contributed by atoms with E-state index in [0.29, 0.717) is 17.8 Å². The number of carbonyl (C=O) groups is 1. The predicted octanol–water partition coefficient (Wildman–Crippen LogP) is 1.45. The number of hydrogen-bond donors (Lipinski definition) is 0. The van der Waals surface area contributed by atoms with E-state index in [1.165, 1.54) is 12.8 Å². The maximum atomic E-state index is 11.4. The predicted molar refractivity (Wildman–Crippen MR) is 43.3 cm³/mol. The first kappa shape index (κ1) is 6.93. The lowest BCUT2D eigenvalue weighted by molar-refractivity contribution is -0.142. The van der Waals surface area contributed by atoms with E-state index in [1.54, 1.807) is 0 Å². The molecule has 2 bridgehead atoms. The summed E-state index contributed by atoms with van der Waals surface area (Å²) in [5, 5.41) is 0. The molecule has 2 aliphatic carbocycles. The highest BCUT2D eigenvalue weighted by Crippen LogP contribution is 2.57. The molecule has 0 aromatic heterocycles. The average molecular weight is 166 g/mol.